The van der Waals surface area contributed by atoms with E-state index in [4.69, 9.17) is 4.74 Å². The smallest absolute Gasteiger partial charge is 0.336 e. The first-order chi connectivity index (χ1) is 10.0. The van der Waals surface area contributed by atoms with Gasteiger partial charge in [0.15, 0.2) is 0 Å². The van der Waals surface area contributed by atoms with Crippen molar-refractivity contribution >= 4 is 17.6 Å². The van der Waals surface area contributed by atoms with Crippen LogP contribution in [0.25, 0.3) is 11.6 Å². The number of carbonyl (C=O) groups is 1. The van der Waals surface area contributed by atoms with Gasteiger partial charge in [-0.25, -0.2) is 4.79 Å². The second-order valence-corrected chi connectivity index (χ2v) is 4.90. The number of benzene rings is 2. The van der Waals surface area contributed by atoms with Crippen molar-refractivity contribution in [3.63, 3.8) is 0 Å². The number of rotatable bonds is 4. The number of methoxy groups -OCH3 is 1. The van der Waals surface area contributed by atoms with Gasteiger partial charge in [0.25, 0.3) is 0 Å². The van der Waals surface area contributed by atoms with Crippen LogP contribution in [0.1, 0.15) is 22.3 Å². The molecule has 0 aliphatic carbocycles. The van der Waals surface area contributed by atoms with E-state index in [0.29, 0.717) is 5.56 Å². The molecular formula is C18H18O3. The quantitative estimate of drug-likeness (QED) is 0.682. The third-order valence-electron chi connectivity index (χ3n) is 3.44. The van der Waals surface area contributed by atoms with Crippen molar-refractivity contribution in [2.24, 2.45) is 0 Å². The molecule has 0 bridgehead atoms. The highest BCUT2D eigenvalue weighted by molar-refractivity contribution is 6.21. The molecule has 0 fully saturated rings. The van der Waals surface area contributed by atoms with Gasteiger partial charge in [-0.15, -0.1) is 0 Å². The minimum atomic E-state index is -0.938. The molecule has 1 N–H and O–H groups in total. The van der Waals surface area contributed by atoms with Gasteiger partial charge in [0.05, 0.1) is 12.7 Å². The molecule has 0 unspecified atom stereocenters. The SMILES string of the molecule is COc1ccc(/C(=C/c2ccccc2C)C(=O)O)c(C)c1. The second kappa shape index (κ2) is 6.27. The molecule has 0 aromatic heterocycles. The van der Waals surface area contributed by atoms with E-state index in [1.807, 2.05) is 44.2 Å². The summed E-state index contributed by atoms with van der Waals surface area (Å²) in [6.45, 7) is 3.85. The summed E-state index contributed by atoms with van der Waals surface area (Å²) < 4.78 is 5.16. The molecule has 0 atom stereocenters. The molecule has 0 spiro atoms. The summed E-state index contributed by atoms with van der Waals surface area (Å²) in [5.41, 5.74) is 3.81. The van der Waals surface area contributed by atoms with E-state index in [1.54, 1.807) is 25.3 Å². The van der Waals surface area contributed by atoms with E-state index >= 15 is 0 Å². The standard InChI is InChI=1S/C18H18O3/c1-12-6-4-5-7-14(12)11-17(18(19)20)16-9-8-15(21-3)10-13(16)2/h4-11H,1-3H3,(H,19,20)/b17-11-. The molecule has 0 aliphatic rings. The van der Waals surface area contributed by atoms with Gasteiger partial charge in [0.1, 0.15) is 5.75 Å². The van der Waals surface area contributed by atoms with Crippen LogP contribution in [-0.2, 0) is 4.79 Å². The van der Waals surface area contributed by atoms with Crippen LogP contribution >= 0.6 is 0 Å². The number of hydrogen-bond donors (Lipinski definition) is 1. The molecular weight excluding hydrogens is 264 g/mol. The number of ether oxygens (including phenoxy) is 1. The zero-order valence-corrected chi connectivity index (χ0v) is 12.4. The largest absolute Gasteiger partial charge is 0.497 e. The Morgan fingerprint density at radius 1 is 1.10 bits per heavy atom. The molecule has 3 heteroatoms. The number of carboxylic acid groups (broad SMARTS) is 1. The summed E-state index contributed by atoms with van der Waals surface area (Å²) in [4.78, 5) is 11.6. The third kappa shape index (κ3) is 3.31. The first kappa shape index (κ1) is 14.9. The molecule has 0 radical (unpaired) electrons. The normalized spacial score (nSPS) is 11.3. The molecule has 0 heterocycles. The zero-order chi connectivity index (χ0) is 15.4. The molecule has 21 heavy (non-hydrogen) atoms. The summed E-state index contributed by atoms with van der Waals surface area (Å²) >= 11 is 0. The Hall–Kier alpha value is -2.55. The van der Waals surface area contributed by atoms with Crippen molar-refractivity contribution in [2.45, 2.75) is 13.8 Å². The van der Waals surface area contributed by atoms with Gasteiger partial charge >= 0.3 is 5.97 Å². The molecule has 0 aliphatic heterocycles. The fourth-order valence-corrected chi connectivity index (χ4v) is 2.22. The topological polar surface area (TPSA) is 46.5 Å². The molecule has 0 saturated heterocycles. The average Bonchev–Trinajstić information content (AvgIpc) is 2.46. The van der Waals surface area contributed by atoms with Crippen molar-refractivity contribution in [1.82, 2.24) is 0 Å². The minimum absolute atomic E-state index is 0.282. The van der Waals surface area contributed by atoms with E-state index in [-0.39, 0.29) is 5.57 Å². The highest BCUT2D eigenvalue weighted by Crippen LogP contribution is 2.26. The van der Waals surface area contributed by atoms with Crippen LogP contribution < -0.4 is 4.74 Å². The van der Waals surface area contributed by atoms with E-state index < -0.39 is 5.97 Å². The highest BCUT2D eigenvalue weighted by Gasteiger charge is 2.14. The van der Waals surface area contributed by atoms with Gasteiger partial charge in [-0.1, -0.05) is 30.3 Å². The maximum absolute atomic E-state index is 11.6. The summed E-state index contributed by atoms with van der Waals surface area (Å²) in [6.07, 6.45) is 1.71. The lowest BCUT2D eigenvalue weighted by Crippen LogP contribution is -2.02. The Morgan fingerprint density at radius 2 is 1.81 bits per heavy atom. The van der Waals surface area contributed by atoms with Crippen LogP contribution in [0.4, 0.5) is 0 Å². The van der Waals surface area contributed by atoms with Crippen LogP contribution in [0.3, 0.4) is 0 Å². The molecule has 108 valence electrons. The first-order valence-electron chi connectivity index (χ1n) is 6.68. The maximum Gasteiger partial charge on any atom is 0.336 e. The maximum atomic E-state index is 11.6. The molecule has 2 aromatic rings. The predicted octanol–water partition coefficient (Wildman–Crippen LogP) is 3.94. The van der Waals surface area contributed by atoms with Crippen molar-refractivity contribution in [3.8, 4) is 5.75 Å². The monoisotopic (exact) mass is 282 g/mol. The van der Waals surface area contributed by atoms with Crippen molar-refractivity contribution in [1.29, 1.82) is 0 Å². The highest BCUT2D eigenvalue weighted by atomic mass is 16.5. The van der Waals surface area contributed by atoms with Crippen LogP contribution in [0.15, 0.2) is 42.5 Å². The lowest BCUT2D eigenvalue weighted by molar-refractivity contribution is -0.130. The van der Waals surface area contributed by atoms with E-state index in [9.17, 15) is 9.90 Å². The fourth-order valence-electron chi connectivity index (χ4n) is 2.22. The lowest BCUT2D eigenvalue weighted by Gasteiger charge is -2.10. The zero-order valence-electron chi connectivity index (χ0n) is 12.4. The third-order valence-corrected chi connectivity index (χ3v) is 3.44. The van der Waals surface area contributed by atoms with Gasteiger partial charge in [-0.05, 0) is 54.3 Å². The van der Waals surface area contributed by atoms with Crippen molar-refractivity contribution in [2.75, 3.05) is 7.11 Å². The molecule has 3 nitrogen and oxygen atoms in total. The van der Waals surface area contributed by atoms with Gasteiger partial charge in [-0.3, -0.25) is 0 Å². The van der Waals surface area contributed by atoms with E-state index in [1.165, 1.54) is 0 Å². The van der Waals surface area contributed by atoms with Gasteiger partial charge in [-0.2, -0.15) is 0 Å². The predicted molar refractivity (Wildman–Crippen MR) is 84.4 cm³/mol. The summed E-state index contributed by atoms with van der Waals surface area (Å²) in [5.74, 6) is -0.219. The number of hydrogen-bond acceptors (Lipinski definition) is 2. The molecule has 2 aromatic carbocycles. The van der Waals surface area contributed by atoms with Gasteiger partial charge in [0.2, 0.25) is 0 Å². The summed E-state index contributed by atoms with van der Waals surface area (Å²) in [6, 6.07) is 13.1. The van der Waals surface area contributed by atoms with Gasteiger partial charge < -0.3 is 9.84 Å². The number of carboxylic acids is 1. The number of aryl methyl sites for hydroxylation is 2. The average molecular weight is 282 g/mol. The molecule has 0 amide bonds. The Balaban J connectivity index is 2.55. The Morgan fingerprint density at radius 3 is 2.38 bits per heavy atom. The van der Waals surface area contributed by atoms with Crippen LogP contribution in [0.2, 0.25) is 0 Å². The van der Waals surface area contributed by atoms with E-state index in [2.05, 4.69) is 0 Å². The molecule has 2 rings (SSSR count). The first-order valence-corrected chi connectivity index (χ1v) is 6.68. The van der Waals surface area contributed by atoms with Crippen molar-refractivity contribution < 1.29 is 14.6 Å². The van der Waals surface area contributed by atoms with Gasteiger partial charge in [0, 0.05) is 0 Å². The Kier molecular flexibility index (Phi) is 4.43. The summed E-state index contributed by atoms with van der Waals surface area (Å²) in [5, 5.41) is 9.53. The minimum Gasteiger partial charge on any atom is -0.497 e. The van der Waals surface area contributed by atoms with Crippen LogP contribution in [0.5, 0.6) is 5.75 Å². The Bertz CT molecular complexity index is 699. The van der Waals surface area contributed by atoms with Crippen molar-refractivity contribution in [3.05, 3.63) is 64.7 Å². The Labute approximate surface area is 124 Å². The van der Waals surface area contributed by atoms with Crippen LogP contribution in [0, 0.1) is 13.8 Å². The number of aliphatic carboxylic acids is 1. The second-order valence-electron chi connectivity index (χ2n) is 4.90. The van der Waals surface area contributed by atoms with E-state index in [0.717, 1.165) is 22.4 Å². The summed E-state index contributed by atoms with van der Waals surface area (Å²) in [7, 11) is 1.59. The lowest BCUT2D eigenvalue weighted by atomic mass is 9.97. The molecule has 0 saturated carbocycles. The van der Waals surface area contributed by atoms with Crippen LogP contribution in [-0.4, -0.2) is 18.2 Å². The fraction of sp³-hybridized carbons (Fsp3) is 0.167.